The lowest BCUT2D eigenvalue weighted by atomic mass is 9.84. The first-order chi connectivity index (χ1) is 13.5. The van der Waals surface area contributed by atoms with Crippen molar-refractivity contribution in [2.24, 2.45) is 5.92 Å². The van der Waals surface area contributed by atoms with Gasteiger partial charge in [0.05, 0.1) is 5.92 Å². The van der Waals surface area contributed by atoms with Gasteiger partial charge in [-0.25, -0.2) is 13.5 Å². The summed E-state index contributed by atoms with van der Waals surface area (Å²) >= 11 is 0. The van der Waals surface area contributed by atoms with Gasteiger partial charge in [0.15, 0.2) is 0 Å². The normalized spacial score (nSPS) is 23.9. The number of benzene rings is 1. The molecule has 1 N–H and O–H groups in total. The summed E-state index contributed by atoms with van der Waals surface area (Å²) in [6.07, 6.45) is 0.766. The second kappa shape index (κ2) is 7.85. The second-order valence-corrected chi connectivity index (χ2v) is 7.71. The van der Waals surface area contributed by atoms with Crippen LogP contribution in [-0.2, 0) is 4.79 Å². The molecule has 2 aliphatic rings. The number of aromatic nitrogens is 3. The second-order valence-electron chi connectivity index (χ2n) is 7.71. The van der Waals surface area contributed by atoms with Crippen molar-refractivity contribution >= 4 is 11.9 Å². The monoisotopic (exact) mass is 389 g/mol. The highest BCUT2D eigenvalue weighted by Crippen LogP contribution is 2.35. The third-order valence-corrected chi connectivity index (χ3v) is 6.08. The van der Waals surface area contributed by atoms with Gasteiger partial charge in [0.1, 0.15) is 12.4 Å². The third-order valence-electron chi connectivity index (χ3n) is 6.08. The molecule has 2 aromatic rings. The molecule has 2 aliphatic heterocycles. The molecule has 0 radical (unpaired) electrons. The number of halogens is 2. The number of likely N-dealkylation sites (tertiary alicyclic amines) is 1. The summed E-state index contributed by atoms with van der Waals surface area (Å²) in [5.74, 6) is 0.610. The minimum atomic E-state index is -2.47. The Morgan fingerprint density at radius 1 is 1.21 bits per heavy atom. The molecule has 8 heteroatoms. The van der Waals surface area contributed by atoms with E-state index in [2.05, 4.69) is 15.4 Å². The first kappa shape index (κ1) is 18.8. The Kier molecular flexibility index (Phi) is 5.28. The van der Waals surface area contributed by atoms with E-state index in [1.54, 1.807) is 0 Å². The number of hydrogen-bond acceptors (Lipinski definition) is 4. The summed E-state index contributed by atoms with van der Waals surface area (Å²) < 4.78 is 28.2. The Morgan fingerprint density at radius 2 is 1.93 bits per heavy atom. The van der Waals surface area contributed by atoms with Gasteiger partial charge in [0.25, 0.3) is 6.43 Å². The predicted molar refractivity (Wildman–Crippen MR) is 101 cm³/mol. The third kappa shape index (κ3) is 3.59. The van der Waals surface area contributed by atoms with Crippen molar-refractivity contribution in [1.82, 2.24) is 19.7 Å². The van der Waals surface area contributed by atoms with Gasteiger partial charge < -0.3 is 10.2 Å². The number of nitrogens with one attached hydrogen (secondary N) is 1. The predicted octanol–water partition coefficient (Wildman–Crippen LogP) is 3.31. The maximum Gasteiger partial charge on any atom is 0.260 e. The number of carbonyl (C=O) groups is 1. The van der Waals surface area contributed by atoms with Crippen LogP contribution in [0.25, 0.3) is 0 Å². The van der Waals surface area contributed by atoms with E-state index in [9.17, 15) is 13.6 Å². The number of carbonyl (C=O) groups excluding carboxylic acids is 1. The summed E-state index contributed by atoms with van der Waals surface area (Å²) in [6.45, 7) is 3.25. The molecule has 0 saturated carbocycles. The van der Waals surface area contributed by atoms with Crippen molar-refractivity contribution in [1.29, 1.82) is 0 Å². The maximum absolute atomic E-state index is 13.5. The molecule has 150 valence electrons. The fraction of sp³-hybridized carbons (Fsp3) is 0.550. The average Bonchev–Trinajstić information content (AvgIpc) is 3.21. The van der Waals surface area contributed by atoms with Gasteiger partial charge in [-0.2, -0.15) is 10.1 Å². The van der Waals surface area contributed by atoms with E-state index < -0.39 is 12.5 Å². The van der Waals surface area contributed by atoms with Crippen LogP contribution in [-0.4, -0.2) is 51.1 Å². The lowest BCUT2D eigenvalue weighted by molar-refractivity contribution is -0.133. The highest BCUT2D eigenvalue weighted by atomic mass is 19.3. The maximum atomic E-state index is 13.5. The van der Waals surface area contributed by atoms with Crippen LogP contribution in [0.1, 0.15) is 43.7 Å². The van der Waals surface area contributed by atoms with E-state index in [1.165, 1.54) is 11.0 Å². The molecule has 1 amide bonds. The summed E-state index contributed by atoms with van der Waals surface area (Å²) in [4.78, 5) is 18.8. The standard InChI is InChI=1S/C20H25F2N5O/c1-13(14-5-3-2-4-6-14)19(28)26-9-7-15(8-10-26)16-11-17(18(21)22)27-20(25-16)23-12-24-27/h2-6,12-13,15-18H,7-11H2,1H3,(H,23,24,25)/t13-,16+,17-/m1/s1. The Hall–Kier alpha value is -2.51. The molecular formula is C20H25F2N5O. The first-order valence-electron chi connectivity index (χ1n) is 9.82. The van der Waals surface area contributed by atoms with E-state index >= 15 is 0 Å². The topological polar surface area (TPSA) is 63.1 Å². The Morgan fingerprint density at radius 3 is 2.61 bits per heavy atom. The Labute approximate surface area is 162 Å². The van der Waals surface area contributed by atoms with Crippen LogP contribution in [0.4, 0.5) is 14.7 Å². The number of rotatable bonds is 4. The van der Waals surface area contributed by atoms with E-state index in [0.29, 0.717) is 25.5 Å². The molecule has 0 bridgehead atoms. The van der Waals surface area contributed by atoms with Gasteiger partial charge in [-0.05, 0) is 37.7 Å². The van der Waals surface area contributed by atoms with Crippen LogP contribution in [0.5, 0.6) is 0 Å². The van der Waals surface area contributed by atoms with Gasteiger partial charge in [0.2, 0.25) is 11.9 Å². The van der Waals surface area contributed by atoms with E-state index in [4.69, 9.17) is 0 Å². The fourth-order valence-electron chi connectivity index (χ4n) is 4.38. The molecule has 3 atom stereocenters. The zero-order valence-corrected chi connectivity index (χ0v) is 15.8. The van der Waals surface area contributed by atoms with Crippen LogP contribution in [0.2, 0.25) is 0 Å². The van der Waals surface area contributed by atoms with Crippen molar-refractivity contribution in [2.45, 2.75) is 50.6 Å². The number of alkyl halides is 2. The summed E-state index contributed by atoms with van der Waals surface area (Å²) in [5, 5.41) is 7.21. The largest absolute Gasteiger partial charge is 0.351 e. The van der Waals surface area contributed by atoms with Crippen LogP contribution in [0.15, 0.2) is 36.7 Å². The van der Waals surface area contributed by atoms with Crippen molar-refractivity contribution in [2.75, 3.05) is 18.4 Å². The summed E-state index contributed by atoms with van der Waals surface area (Å²) in [7, 11) is 0. The number of amides is 1. The fourth-order valence-corrected chi connectivity index (χ4v) is 4.38. The zero-order valence-electron chi connectivity index (χ0n) is 15.8. The van der Waals surface area contributed by atoms with E-state index in [1.807, 2.05) is 42.2 Å². The molecule has 28 heavy (non-hydrogen) atoms. The molecule has 0 unspecified atom stereocenters. The molecule has 0 spiro atoms. The minimum absolute atomic E-state index is 0.0699. The van der Waals surface area contributed by atoms with Crippen LogP contribution >= 0.6 is 0 Å². The molecule has 1 fully saturated rings. The minimum Gasteiger partial charge on any atom is -0.351 e. The van der Waals surface area contributed by atoms with Crippen LogP contribution < -0.4 is 5.32 Å². The SMILES string of the molecule is C[C@@H](C(=O)N1CCC([C@@H]2C[C@H](C(F)F)n3ncnc3N2)CC1)c1ccccc1. The Bertz CT molecular complexity index is 804. The van der Waals surface area contributed by atoms with Crippen LogP contribution in [0, 0.1) is 5.92 Å². The van der Waals surface area contributed by atoms with Crippen LogP contribution in [0.3, 0.4) is 0 Å². The van der Waals surface area contributed by atoms with E-state index in [-0.39, 0.29) is 23.8 Å². The van der Waals surface area contributed by atoms with Gasteiger partial charge in [-0.3, -0.25) is 4.79 Å². The average molecular weight is 389 g/mol. The summed E-state index contributed by atoms with van der Waals surface area (Å²) in [5.41, 5.74) is 1.02. The molecule has 1 saturated heterocycles. The summed E-state index contributed by atoms with van der Waals surface area (Å²) in [6, 6.07) is 8.76. The molecule has 4 rings (SSSR count). The molecular weight excluding hydrogens is 364 g/mol. The first-order valence-corrected chi connectivity index (χ1v) is 9.82. The molecule has 0 aliphatic carbocycles. The quantitative estimate of drug-likeness (QED) is 0.872. The number of piperidine rings is 1. The molecule has 1 aromatic heterocycles. The highest BCUT2D eigenvalue weighted by Gasteiger charge is 2.38. The zero-order chi connectivity index (χ0) is 19.7. The van der Waals surface area contributed by atoms with Crippen molar-refractivity contribution in [3.63, 3.8) is 0 Å². The number of anilines is 1. The van der Waals surface area contributed by atoms with Crippen molar-refractivity contribution in [3.8, 4) is 0 Å². The molecule has 3 heterocycles. The lowest BCUT2D eigenvalue weighted by Gasteiger charge is -2.40. The van der Waals surface area contributed by atoms with Gasteiger partial charge >= 0.3 is 0 Å². The highest BCUT2D eigenvalue weighted by molar-refractivity contribution is 5.83. The Balaban J connectivity index is 1.37. The van der Waals surface area contributed by atoms with Gasteiger partial charge in [-0.15, -0.1) is 0 Å². The van der Waals surface area contributed by atoms with E-state index in [0.717, 1.165) is 18.4 Å². The van der Waals surface area contributed by atoms with Gasteiger partial charge in [-0.1, -0.05) is 30.3 Å². The lowest BCUT2D eigenvalue weighted by Crippen LogP contribution is -2.47. The smallest absolute Gasteiger partial charge is 0.260 e. The van der Waals surface area contributed by atoms with Crippen molar-refractivity contribution < 1.29 is 13.6 Å². The number of nitrogens with zero attached hydrogens (tertiary/aromatic N) is 4. The van der Waals surface area contributed by atoms with Gasteiger partial charge in [0, 0.05) is 19.1 Å². The molecule has 1 aromatic carbocycles. The molecule has 6 nitrogen and oxygen atoms in total. The number of hydrogen-bond donors (Lipinski definition) is 1. The van der Waals surface area contributed by atoms with Crippen molar-refractivity contribution in [3.05, 3.63) is 42.2 Å². The number of fused-ring (bicyclic) bond motifs is 1.